The van der Waals surface area contributed by atoms with Crippen LogP contribution in [0.4, 0.5) is 0 Å². The van der Waals surface area contributed by atoms with Gasteiger partial charge in [0.2, 0.25) is 10.0 Å². The standard InChI is InChI=1S/C26H31N3O6S2/c1-4-35-21-11-8-12-22-24(21)29(17-23(30)34-3)26(36-22)27-25(31)18-13-15-20(16-14-18)37(32,33)28(2)19-9-6-5-7-10-19/h8,11-16,19H,4-7,9-10,17H2,1-3H3. The summed E-state index contributed by atoms with van der Waals surface area (Å²) in [6.07, 6.45) is 4.91. The van der Waals surface area contributed by atoms with Gasteiger partial charge in [-0.2, -0.15) is 9.30 Å². The van der Waals surface area contributed by atoms with Crippen LogP contribution in [0.2, 0.25) is 0 Å². The zero-order valence-electron chi connectivity index (χ0n) is 21.2. The quantitative estimate of drug-likeness (QED) is 0.397. The molecule has 1 fully saturated rings. The largest absolute Gasteiger partial charge is 0.492 e. The summed E-state index contributed by atoms with van der Waals surface area (Å²) < 4.78 is 40.7. The topological polar surface area (TPSA) is 107 Å². The van der Waals surface area contributed by atoms with E-state index in [0.717, 1.165) is 36.8 Å². The van der Waals surface area contributed by atoms with E-state index in [2.05, 4.69) is 4.99 Å². The minimum atomic E-state index is -3.67. The van der Waals surface area contributed by atoms with Gasteiger partial charge in [0.1, 0.15) is 17.8 Å². The van der Waals surface area contributed by atoms with Crippen molar-refractivity contribution in [1.29, 1.82) is 0 Å². The Morgan fingerprint density at radius 3 is 2.46 bits per heavy atom. The Morgan fingerprint density at radius 2 is 1.81 bits per heavy atom. The van der Waals surface area contributed by atoms with Gasteiger partial charge in [-0.1, -0.05) is 36.7 Å². The minimum absolute atomic E-state index is 0.00476. The number of aromatic nitrogens is 1. The maximum absolute atomic E-state index is 13.1. The Kier molecular flexibility index (Phi) is 8.46. The smallest absolute Gasteiger partial charge is 0.325 e. The number of amides is 1. The van der Waals surface area contributed by atoms with Gasteiger partial charge in [-0.3, -0.25) is 9.59 Å². The van der Waals surface area contributed by atoms with Crippen molar-refractivity contribution in [2.24, 2.45) is 4.99 Å². The van der Waals surface area contributed by atoms with Crippen molar-refractivity contribution in [3.63, 3.8) is 0 Å². The molecule has 0 unspecified atom stereocenters. The molecule has 4 rings (SSSR count). The van der Waals surface area contributed by atoms with Gasteiger partial charge >= 0.3 is 5.97 Å². The summed E-state index contributed by atoms with van der Waals surface area (Å²) in [5, 5.41) is 0. The monoisotopic (exact) mass is 545 g/mol. The predicted molar refractivity (Wildman–Crippen MR) is 141 cm³/mol. The van der Waals surface area contributed by atoms with E-state index in [9.17, 15) is 18.0 Å². The number of fused-ring (bicyclic) bond motifs is 1. The number of nitrogens with zero attached hydrogens (tertiary/aromatic N) is 3. The maximum Gasteiger partial charge on any atom is 0.325 e. The van der Waals surface area contributed by atoms with Crippen molar-refractivity contribution in [2.45, 2.75) is 56.5 Å². The summed E-state index contributed by atoms with van der Waals surface area (Å²) in [5.41, 5.74) is 0.893. The van der Waals surface area contributed by atoms with Gasteiger partial charge in [-0.15, -0.1) is 0 Å². The lowest BCUT2D eigenvalue weighted by molar-refractivity contribution is -0.141. The molecule has 198 valence electrons. The van der Waals surface area contributed by atoms with Gasteiger partial charge in [-0.05, 0) is 56.2 Å². The van der Waals surface area contributed by atoms with E-state index in [1.165, 1.54) is 47.0 Å². The second-order valence-electron chi connectivity index (χ2n) is 8.84. The highest BCUT2D eigenvalue weighted by molar-refractivity contribution is 7.89. The van der Waals surface area contributed by atoms with Gasteiger partial charge in [-0.25, -0.2) is 8.42 Å². The second kappa shape index (κ2) is 11.6. The molecule has 1 saturated carbocycles. The van der Waals surface area contributed by atoms with E-state index in [1.807, 2.05) is 19.1 Å². The Labute approximate surface area is 220 Å². The van der Waals surface area contributed by atoms with Crippen LogP contribution in [-0.4, -0.2) is 56.0 Å². The van der Waals surface area contributed by atoms with Gasteiger partial charge in [0.25, 0.3) is 5.91 Å². The fourth-order valence-electron chi connectivity index (χ4n) is 4.52. The number of carbonyl (C=O) groups excluding carboxylic acids is 2. The average molecular weight is 546 g/mol. The number of esters is 1. The zero-order chi connectivity index (χ0) is 26.6. The first-order valence-electron chi connectivity index (χ1n) is 12.3. The third-order valence-electron chi connectivity index (χ3n) is 6.54. The molecular formula is C26H31N3O6S2. The van der Waals surface area contributed by atoms with Crippen molar-refractivity contribution in [3.05, 3.63) is 52.8 Å². The van der Waals surface area contributed by atoms with E-state index >= 15 is 0 Å². The summed E-state index contributed by atoms with van der Waals surface area (Å²) >= 11 is 1.25. The Balaban J connectivity index is 1.66. The van der Waals surface area contributed by atoms with Gasteiger partial charge in [0, 0.05) is 18.7 Å². The number of para-hydroxylation sites is 1. The van der Waals surface area contributed by atoms with Crippen molar-refractivity contribution in [1.82, 2.24) is 8.87 Å². The normalized spacial score (nSPS) is 15.3. The molecule has 1 aliphatic carbocycles. The van der Waals surface area contributed by atoms with Crippen molar-refractivity contribution in [2.75, 3.05) is 20.8 Å². The fourth-order valence-corrected chi connectivity index (χ4v) is 6.98. The lowest BCUT2D eigenvalue weighted by Gasteiger charge is -2.30. The summed E-state index contributed by atoms with van der Waals surface area (Å²) in [6, 6.07) is 11.3. The number of rotatable bonds is 8. The van der Waals surface area contributed by atoms with Crippen LogP contribution in [-0.2, 0) is 26.1 Å². The van der Waals surface area contributed by atoms with E-state index in [1.54, 1.807) is 17.7 Å². The zero-order valence-corrected chi connectivity index (χ0v) is 22.8. The molecule has 0 radical (unpaired) electrons. The van der Waals surface area contributed by atoms with Crippen LogP contribution >= 0.6 is 11.3 Å². The lowest BCUT2D eigenvalue weighted by atomic mass is 9.96. The molecule has 1 amide bonds. The SMILES string of the molecule is CCOc1cccc2sc(=NC(=O)c3ccc(S(=O)(=O)N(C)C4CCCCC4)cc3)n(CC(=O)OC)c12. The summed E-state index contributed by atoms with van der Waals surface area (Å²) in [7, 11) is -0.748. The molecule has 2 aromatic carbocycles. The fraction of sp³-hybridized carbons (Fsp3) is 0.423. The third kappa shape index (κ3) is 5.78. The van der Waals surface area contributed by atoms with Crippen LogP contribution in [0, 0.1) is 0 Å². The Bertz CT molecular complexity index is 1450. The number of carbonyl (C=O) groups is 2. The van der Waals surface area contributed by atoms with E-state index in [4.69, 9.17) is 9.47 Å². The summed E-state index contributed by atoms with van der Waals surface area (Å²) in [5.74, 6) is -0.463. The Hall–Kier alpha value is -3.02. The van der Waals surface area contributed by atoms with Crippen LogP contribution in [0.15, 0.2) is 52.4 Å². The number of thiazole rings is 1. The molecule has 0 spiro atoms. The van der Waals surface area contributed by atoms with Crippen molar-refractivity contribution < 1.29 is 27.5 Å². The molecule has 0 bridgehead atoms. The van der Waals surface area contributed by atoms with Crippen LogP contribution in [0.1, 0.15) is 49.4 Å². The molecule has 0 atom stereocenters. The van der Waals surface area contributed by atoms with E-state index in [-0.39, 0.29) is 23.0 Å². The van der Waals surface area contributed by atoms with Crippen molar-refractivity contribution in [3.8, 4) is 5.75 Å². The van der Waals surface area contributed by atoms with Gasteiger partial charge in [0.15, 0.2) is 4.80 Å². The molecule has 9 nitrogen and oxygen atoms in total. The highest BCUT2D eigenvalue weighted by Crippen LogP contribution is 2.28. The molecule has 1 heterocycles. The molecular weight excluding hydrogens is 514 g/mol. The molecule has 0 saturated heterocycles. The maximum atomic E-state index is 13.1. The van der Waals surface area contributed by atoms with Crippen LogP contribution in [0.3, 0.4) is 0 Å². The minimum Gasteiger partial charge on any atom is -0.492 e. The molecule has 37 heavy (non-hydrogen) atoms. The molecule has 0 N–H and O–H groups in total. The lowest BCUT2D eigenvalue weighted by Crippen LogP contribution is -2.38. The third-order valence-corrected chi connectivity index (χ3v) is 9.51. The molecule has 1 aliphatic rings. The molecule has 3 aromatic rings. The molecule has 1 aromatic heterocycles. The van der Waals surface area contributed by atoms with E-state index in [0.29, 0.717) is 22.7 Å². The molecule has 0 aliphatic heterocycles. The van der Waals surface area contributed by atoms with Crippen LogP contribution < -0.4 is 9.54 Å². The van der Waals surface area contributed by atoms with Crippen LogP contribution in [0.25, 0.3) is 10.2 Å². The number of benzene rings is 2. The first-order valence-corrected chi connectivity index (χ1v) is 14.5. The molecule has 11 heteroatoms. The first-order chi connectivity index (χ1) is 17.8. The van der Waals surface area contributed by atoms with E-state index < -0.39 is 21.9 Å². The highest BCUT2D eigenvalue weighted by Gasteiger charge is 2.29. The van der Waals surface area contributed by atoms with Gasteiger partial charge in [0.05, 0.1) is 23.3 Å². The number of sulfonamides is 1. The Morgan fingerprint density at radius 1 is 1.11 bits per heavy atom. The predicted octanol–water partition coefficient (Wildman–Crippen LogP) is 3.97. The average Bonchev–Trinajstić information content (AvgIpc) is 3.26. The number of hydrogen-bond donors (Lipinski definition) is 0. The van der Waals surface area contributed by atoms with Crippen molar-refractivity contribution >= 4 is 43.5 Å². The highest BCUT2D eigenvalue weighted by atomic mass is 32.2. The summed E-state index contributed by atoms with van der Waals surface area (Å²) in [4.78, 5) is 29.9. The first kappa shape index (κ1) is 27.0. The number of hydrogen-bond acceptors (Lipinski definition) is 7. The van der Waals surface area contributed by atoms with Crippen LogP contribution in [0.5, 0.6) is 5.75 Å². The number of ether oxygens (including phenoxy) is 2. The summed E-state index contributed by atoms with van der Waals surface area (Å²) in [6.45, 7) is 2.16. The number of methoxy groups -OCH3 is 1. The second-order valence-corrected chi connectivity index (χ2v) is 11.8. The van der Waals surface area contributed by atoms with Gasteiger partial charge < -0.3 is 14.0 Å².